The molecule has 2 N–H and O–H groups in total. The number of nitrogens with one attached hydrogen (secondary N) is 2. The van der Waals surface area contributed by atoms with Gasteiger partial charge in [0.25, 0.3) is 0 Å². The minimum Gasteiger partial charge on any atom is -0.358 e. The van der Waals surface area contributed by atoms with Crippen molar-refractivity contribution < 1.29 is 14.0 Å². The number of carbonyl (C=O) groups excluding carboxylic acids is 2. The Labute approximate surface area is 177 Å². The molecule has 2 amide bonds. The second-order valence-corrected chi connectivity index (χ2v) is 8.15. The number of amides is 2. The van der Waals surface area contributed by atoms with E-state index in [1.165, 1.54) is 23.9 Å². The van der Waals surface area contributed by atoms with Gasteiger partial charge in [-0.25, -0.2) is 4.39 Å². The first-order valence-corrected chi connectivity index (χ1v) is 10.6. The van der Waals surface area contributed by atoms with Crippen molar-refractivity contribution in [1.82, 2.24) is 9.88 Å². The van der Waals surface area contributed by atoms with Gasteiger partial charge in [-0.3, -0.25) is 9.59 Å². The highest BCUT2D eigenvalue weighted by Crippen LogP contribution is 2.27. The molecule has 1 aliphatic heterocycles. The number of fused-ring (bicyclic) bond motifs is 1. The van der Waals surface area contributed by atoms with Gasteiger partial charge in [-0.2, -0.15) is 5.26 Å². The summed E-state index contributed by atoms with van der Waals surface area (Å²) in [4.78, 5) is 30.6. The van der Waals surface area contributed by atoms with Gasteiger partial charge in [0, 0.05) is 28.0 Å². The summed E-state index contributed by atoms with van der Waals surface area (Å²) in [6, 6.07) is 12.5. The van der Waals surface area contributed by atoms with E-state index in [0.717, 1.165) is 16.8 Å². The molecule has 0 spiro atoms. The van der Waals surface area contributed by atoms with Crippen LogP contribution in [-0.4, -0.2) is 39.4 Å². The van der Waals surface area contributed by atoms with Crippen molar-refractivity contribution in [2.75, 3.05) is 16.9 Å². The number of benzene rings is 2. The van der Waals surface area contributed by atoms with Gasteiger partial charge in [-0.15, -0.1) is 11.8 Å². The molecule has 6 nitrogen and oxygen atoms in total. The molecular weight excluding hydrogens is 403 g/mol. The van der Waals surface area contributed by atoms with Gasteiger partial charge in [0.2, 0.25) is 11.8 Å². The van der Waals surface area contributed by atoms with Gasteiger partial charge >= 0.3 is 0 Å². The average Bonchev–Trinajstić information content (AvgIpc) is 3.34. The SMILES string of the molecule is Cc1[nH]c2ccc(F)cc2c1CC(=O)N1CSCC1C(=O)Nc1ccc(C#N)cc1. The lowest BCUT2D eigenvalue weighted by atomic mass is 10.1. The van der Waals surface area contributed by atoms with Crippen LogP contribution in [-0.2, 0) is 16.0 Å². The molecule has 4 rings (SSSR count). The van der Waals surface area contributed by atoms with Gasteiger partial charge < -0.3 is 15.2 Å². The molecule has 1 unspecified atom stereocenters. The lowest BCUT2D eigenvalue weighted by Gasteiger charge is -2.23. The van der Waals surface area contributed by atoms with Crippen LogP contribution < -0.4 is 5.32 Å². The summed E-state index contributed by atoms with van der Waals surface area (Å²) < 4.78 is 13.7. The maximum absolute atomic E-state index is 13.7. The van der Waals surface area contributed by atoms with Gasteiger partial charge in [0.05, 0.1) is 23.9 Å². The first kappa shape index (κ1) is 20.0. The Kier molecular flexibility index (Phi) is 5.46. The lowest BCUT2D eigenvalue weighted by Crippen LogP contribution is -2.45. The largest absolute Gasteiger partial charge is 0.358 e. The van der Waals surface area contributed by atoms with Gasteiger partial charge in [-0.05, 0) is 55.0 Å². The van der Waals surface area contributed by atoms with E-state index >= 15 is 0 Å². The molecule has 3 aromatic rings. The normalized spacial score (nSPS) is 15.9. The standard InChI is InChI=1S/C22H19FN4O2S/c1-13-17(18-8-15(23)4-7-19(18)25-13)9-21(28)27-12-30-11-20(27)22(29)26-16-5-2-14(10-24)3-6-16/h2-8,20,25H,9,11-12H2,1H3,(H,26,29). The molecule has 0 saturated carbocycles. The third-order valence-electron chi connectivity index (χ3n) is 5.20. The van der Waals surface area contributed by atoms with E-state index in [-0.39, 0.29) is 24.1 Å². The number of aromatic nitrogens is 1. The zero-order valence-electron chi connectivity index (χ0n) is 16.2. The van der Waals surface area contributed by atoms with Crippen LogP contribution in [0.4, 0.5) is 10.1 Å². The van der Waals surface area contributed by atoms with Crippen LogP contribution in [0.25, 0.3) is 10.9 Å². The molecule has 8 heteroatoms. The first-order valence-electron chi connectivity index (χ1n) is 9.41. The van der Waals surface area contributed by atoms with Gasteiger partial charge in [0.15, 0.2) is 0 Å². The van der Waals surface area contributed by atoms with Crippen molar-refractivity contribution in [3.05, 3.63) is 65.1 Å². The average molecular weight is 422 g/mol. The molecule has 0 radical (unpaired) electrons. The molecule has 1 aliphatic rings. The topological polar surface area (TPSA) is 89.0 Å². The number of halogens is 1. The highest BCUT2D eigenvalue weighted by molar-refractivity contribution is 7.99. The van der Waals surface area contributed by atoms with Crippen LogP contribution in [0.2, 0.25) is 0 Å². The predicted molar refractivity (Wildman–Crippen MR) is 114 cm³/mol. The zero-order valence-corrected chi connectivity index (χ0v) is 17.1. The number of hydrogen-bond donors (Lipinski definition) is 2. The van der Waals surface area contributed by atoms with E-state index in [1.54, 1.807) is 35.2 Å². The molecule has 152 valence electrons. The second kappa shape index (κ2) is 8.20. The van der Waals surface area contributed by atoms with Crippen molar-refractivity contribution in [1.29, 1.82) is 5.26 Å². The minimum absolute atomic E-state index is 0.0937. The van der Waals surface area contributed by atoms with Crippen molar-refractivity contribution >= 4 is 40.2 Å². The highest BCUT2D eigenvalue weighted by atomic mass is 32.2. The monoisotopic (exact) mass is 422 g/mol. The maximum atomic E-state index is 13.7. The molecule has 1 aromatic heterocycles. The fourth-order valence-electron chi connectivity index (χ4n) is 3.59. The molecule has 0 aliphatic carbocycles. The van der Waals surface area contributed by atoms with Crippen LogP contribution in [0, 0.1) is 24.1 Å². The Hall–Kier alpha value is -3.31. The third kappa shape index (κ3) is 3.89. The van der Waals surface area contributed by atoms with Gasteiger partial charge in [0.1, 0.15) is 11.9 Å². The van der Waals surface area contributed by atoms with Crippen LogP contribution in [0.1, 0.15) is 16.8 Å². The van der Waals surface area contributed by atoms with Crippen molar-refractivity contribution in [3.8, 4) is 6.07 Å². The Morgan fingerprint density at radius 2 is 2.07 bits per heavy atom. The zero-order chi connectivity index (χ0) is 21.3. The molecule has 0 bridgehead atoms. The van der Waals surface area contributed by atoms with Crippen molar-refractivity contribution in [2.45, 2.75) is 19.4 Å². The summed E-state index contributed by atoms with van der Waals surface area (Å²) in [7, 11) is 0. The number of aromatic amines is 1. The predicted octanol–water partition coefficient (Wildman–Crippen LogP) is 3.57. The minimum atomic E-state index is -0.583. The van der Waals surface area contributed by atoms with E-state index in [1.807, 2.05) is 13.0 Å². The summed E-state index contributed by atoms with van der Waals surface area (Å²) in [6.45, 7) is 1.86. The Morgan fingerprint density at radius 3 is 2.80 bits per heavy atom. The van der Waals surface area contributed by atoms with E-state index in [9.17, 15) is 14.0 Å². The second-order valence-electron chi connectivity index (χ2n) is 7.15. The van der Waals surface area contributed by atoms with E-state index < -0.39 is 6.04 Å². The summed E-state index contributed by atoms with van der Waals surface area (Å²) in [5, 5.41) is 12.4. The summed E-state index contributed by atoms with van der Waals surface area (Å²) >= 11 is 1.52. The van der Waals surface area contributed by atoms with Crippen molar-refractivity contribution in [3.63, 3.8) is 0 Å². The number of rotatable bonds is 4. The third-order valence-corrected chi connectivity index (χ3v) is 6.21. The summed E-state index contributed by atoms with van der Waals surface area (Å²) in [5.41, 5.74) is 3.42. The van der Waals surface area contributed by atoms with E-state index in [2.05, 4.69) is 10.3 Å². The number of thioether (sulfide) groups is 1. The summed E-state index contributed by atoms with van der Waals surface area (Å²) in [5.74, 6) is 0.148. The number of nitriles is 1. The van der Waals surface area contributed by atoms with Crippen LogP contribution in [0.3, 0.4) is 0 Å². The van der Waals surface area contributed by atoms with Crippen LogP contribution >= 0.6 is 11.8 Å². The number of carbonyl (C=O) groups is 2. The van der Waals surface area contributed by atoms with Crippen LogP contribution in [0.15, 0.2) is 42.5 Å². The fraction of sp³-hybridized carbons (Fsp3) is 0.227. The summed E-state index contributed by atoms with van der Waals surface area (Å²) in [6.07, 6.45) is 0.0937. The highest BCUT2D eigenvalue weighted by Gasteiger charge is 2.35. The molecule has 1 saturated heterocycles. The number of hydrogen-bond acceptors (Lipinski definition) is 4. The number of nitrogens with zero attached hydrogens (tertiary/aromatic N) is 2. The first-order chi connectivity index (χ1) is 14.5. The molecule has 2 aromatic carbocycles. The number of H-pyrrole nitrogens is 1. The number of aryl methyl sites for hydroxylation is 1. The molecule has 2 heterocycles. The number of anilines is 1. The molecule has 1 fully saturated rings. The Morgan fingerprint density at radius 1 is 1.30 bits per heavy atom. The van der Waals surface area contributed by atoms with Crippen molar-refractivity contribution in [2.24, 2.45) is 0 Å². The van der Waals surface area contributed by atoms with E-state index in [4.69, 9.17) is 5.26 Å². The Bertz CT molecular complexity index is 1170. The van der Waals surface area contributed by atoms with Gasteiger partial charge in [-0.1, -0.05) is 0 Å². The molecule has 30 heavy (non-hydrogen) atoms. The fourth-order valence-corrected chi connectivity index (χ4v) is 4.78. The molecular formula is C22H19FN4O2S. The lowest BCUT2D eigenvalue weighted by molar-refractivity contribution is -0.135. The molecule has 1 atom stereocenters. The van der Waals surface area contributed by atoms with Crippen LogP contribution in [0.5, 0.6) is 0 Å². The van der Waals surface area contributed by atoms with E-state index in [0.29, 0.717) is 28.3 Å². The smallest absolute Gasteiger partial charge is 0.248 e. The maximum Gasteiger partial charge on any atom is 0.248 e. The Balaban J connectivity index is 1.50. The quantitative estimate of drug-likeness (QED) is 0.673.